The molecule has 27 heavy (non-hydrogen) atoms. The van der Waals surface area contributed by atoms with Gasteiger partial charge in [0.2, 0.25) is 5.91 Å². The zero-order chi connectivity index (χ0) is 18.5. The number of carbonyl (C=O) groups is 1. The molecule has 1 heterocycles. The van der Waals surface area contributed by atoms with Crippen LogP contribution in [0.15, 0.2) is 91.3 Å². The third-order valence-electron chi connectivity index (χ3n) is 4.36. The molecule has 0 unspecified atom stereocenters. The van der Waals surface area contributed by atoms with E-state index in [1.165, 1.54) is 0 Å². The van der Waals surface area contributed by atoms with Crippen LogP contribution in [0.4, 0.5) is 5.69 Å². The molecule has 0 aliphatic heterocycles. The van der Waals surface area contributed by atoms with Crippen LogP contribution in [0.25, 0.3) is 16.8 Å². The summed E-state index contributed by atoms with van der Waals surface area (Å²) >= 11 is 0. The Bertz CT molecular complexity index is 1080. The molecule has 3 aromatic carbocycles. The second kappa shape index (κ2) is 7.70. The minimum Gasteiger partial charge on any atom is -0.323 e. The van der Waals surface area contributed by atoms with Crippen LogP contribution >= 0.6 is 0 Å². The molecule has 0 spiro atoms. The third kappa shape index (κ3) is 4.12. The predicted molar refractivity (Wildman–Crippen MR) is 109 cm³/mol. The molecule has 0 radical (unpaired) electrons. The van der Waals surface area contributed by atoms with Crippen LogP contribution in [0.1, 0.15) is 11.1 Å². The molecule has 0 saturated heterocycles. The van der Waals surface area contributed by atoms with Crippen LogP contribution in [0, 0.1) is 0 Å². The topological polar surface area (TPSA) is 46.9 Å². The Balaban J connectivity index is 1.42. The number of anilines is 1. The number of hydrogen-bond acceptors (Lipinski definition) is 2. The van der Waals surface area contributed by atoms with E-state index in [1.807, 2.05) is 71.6 Å². The minimum absolute atomic E-state index is 0.150. The van der Waals surface area contributed by atoms with Crippen molar-refractivity contribution in [3.63, 3.8) is 0 Å². The average Bonchev–Trinajstić information content (AvgIpc) is 3.21. The van der Waals surface area contributed by atoms with Crippen LogP contribution < -0.4 is 5.32 Å². The van der Waals surface area contributed by atoms with E-state index in [9.17, 15) is 4.79 Å². The van der Waals surface area contributed by atoms with Crippen molar-refractivity contribution < 1.29 is 4.79 Å². The zero-order valence-electron chi connectivity index (χ0n) is 14.7. The molecule has 4 nitrogen and oxygen atoms in total. The van der Waals surface area contributed by atoms with E-state index in [-0.39, 0.29) is 5.91 Å². The van der Waals surface area contributed by atoms with Gasteiger partial charge in [0.1, 0.15) is 0 Å². The molecule has 1 amide bonds. The number of rotatable bonds is 5. The molecule has 0 fully saturated rings. The van der Waals surface area contributed by atoms with Crippen LogP contribution in [0.3, 0.4) is 0 Å². The van der Waals surface area contributed by atoms with Crippen molar-refractivity contribution in [2.24, 2.45) is 0 Å². The van der Waals surface area contributed by atoms with Crippen LogP contribution in [-0.4, -0.2) is 15.7 Å². The molecular weight excluding hydrogens is 334 g/mol. The van der Waals surface area contributed by atoms with Gasteiger partial charge in [0.15, 0.2) is 0 Å². The summed E-state index contributed by atoms with van der Waals surface area (Å²) in [6, 6.07) is 23.9. The average molecular weight is 353 g/mol. The van der Waals surface area contributed by atoms with Gasteiger partial charge in [-0.25, -0.2) is 0 Å². The Morgan fingerprint density at radius 3 is 2.59 bits per heavy atom. The number of aromatic nitrogens is 2. The first kappa shape index (κ1) is 16.8. The van der Waals surface area contributed by atoms with Crippen molar-refractivity contribution in [2.45, 2.75) is 6.54 Å². The van der Waals surface area contributed by atoms with Gasteiger partial charge in [0, 0.05) is 24.2 Å². The van der Waals surface area contributed by atoms with Crippen molar-refractivity contribution in [1.29, 1.82) is 0 Å². The van der Waals surface area contributed by atoms with E-state index in [2.05, 4.69) is 28.6 Å². The van der Waals surface area contributed by atoms with E-state index >= 15 is 0 Å². The van der Waals surface area contributed by atoms with E-state index in [1.54, 1.807) is 12.3 Å². The van der Waals surface area contributed by atoms with Gasteiger partial charge in [0.05, 0.1) is 6.54 Å². The van der Waals surface area contributed by atoms with Crippen LogP contribution in [0.5, 0.6) is 0 Å². The lowest BCUT2D eigenvalue weighted by Gasteiger charge is -2.05. The number of carbonyl (C=O) groups excluding carboxylic acids is 1. The maximum Gasteiger partial charge on any atom is 0.248 e. The van der Waals surface area contributed by atoms with E-state index in [4.69, 9.17) is 0 Å². The van der Waals surface area contributed by atoms with Gasteiger partial charge in [-0.2, -0.15) is 5.10 Å². The Morgan fingerprint density at radius 2 is 1.78 bits per heavy atom. The SMILES string of the molecule is O=C(/C=C/c1cccc2ccccc12)Nc1ccc(Cn2cccn2)cc1. The Labute approximate surface area is 157 Å². The molecule has 4 aromatic rings. The van der Waals surface area contributed by atoms with Gasteiger partial charge in [0.25, 0.3) is 0 Å². The Kier molecular flexibility index (Phi) is 4.79. The summed E-state index contributed by atoms with van der Waals surface area (Å²) in [6.45, 7) is 0.711. The second-order valence-electron chi connectivity index (χ2n) is 6.29. The molecule has 4 rings (SSSR count). The molecular formula is C23H19N3O. The van der Waals surface area contributed by atoms with Crippen LogP contribution in [0.2, 0.25) is 0 Å². The fourth-order valence-electron chi connectivity index (χ4n) is 3.02. The fraction of sp³-hybridized carbons (Fsp3) is 0.0435. The van der Waals surface area contributed by atoms with Crippen molar-refractivity contribution >= 4 is 28.4 Å². The summed E-state index contributed by atoms with van der Waals surface area (Å²) in [4.78, 5) is 12.3. The molecule has 1 aromatic heterocycles. The normalized spacial score (nSPS) is 11.1. The van der Waals surface area contributed by atoms with Gasteiger partial charge in [-0.3, -0.25) is 9.48 Å². The first-order valence-electron chi connectivity index (χ1n) is 8.81. The summed E-state index contributed by atoms with van der Waals surface area (Å²) in [7, 11) is 0. The lowest BCUT2D eigenvalue weighted by molar-refractivity contribution is -0.111. The van der Waals surface area contributed by atoms with E-state index in [0.29, 0.717) is 6.54 Å². The molecule has 4 heteroatoms. The zero-order valence-corrected chi connectivity index (χ0v) is 14.7. The summed E-state index contributed by atoms with van der Waals surface area (Å²) in [6.07, 6.45) is 7.10. The van der Waals surface area contributed by atoms with Gasteiger partial charge >= 0.3 is 0 Å². The summed E-state index contributed by atoms with van der Waals surface area (Å²) in [5.41, 5.74) is 2.92. The van der Waals surface area contributed by atoms with Crippen molar-refractivity contribution in [1.82, 2.24) is 9.78 Å². The number of nitrogens with one attached hydrogen (secondary N) is 1. The highest BCUT2D eigenvalue weighted by molar-refractivity contribution is 6.03. The molecule has 132 valence electrons. The van der Waals surface area contributed by atoms with Crippen molar-refractivity contribution in [2.75, 3.05) is 5.32 Å². The molecule has 0 bridgehead atoms. The number of fused-ring (bicyclic) bond motifs is 1. The Morgan fingerprint density at radius 1 is 0.963 bits per heavy atom. The lowest BCUT2D eigenvalue weighted by atomic mass is 10.0. The highest BCUT2D eigenvalue weighted by Crippen LogP contribution is 2.19. The molecule has 0 saturated carbocycles. The first-order valence-corrected chi connectivity index (χ1v) is 8.81. The number of benzene rings is 3. The van der Waals surface area contributed by atoms with Gasteiger partial charge in [-0.1, -0.05) is 54.6 Å². The number of amides is 1. The monoisotopic (exact) mass is 353 g/mol. The fourth-order valence-corrected chi connectivity index (χ4v) is 3.02. The standard InChI is InChI=1S/C23H19N3O/c27-23(14-11-20-7-3-6-19-5-1-2-8-22(19)20)25-21-12-9-18(10-13-21)17-26-16-4-15-24-26/h1-16H,17H2,(H,25,27)/b14-11+. The molecule has 1 N–H and O–H groups in total. The highest BCUT2D eigenvalue weighted by Gasteiger charge is 2.01. The quantitative estimate of drug-likeness (QED) is 0.527. The first-order chi connectivity index (χ1) is 13.3. The van der Waals surface area contributed by atoms with E-state index < -0.39 is 0 Å². The largest absolute Gasteiger partial charge is 0.323 e. The molecule has 0 atom stereocenters. The molecule has 0 aliphatic carbocycles. The van der Waals surface area contributed by atoms with Gasteiger partial charge in [-0.15, -0.1) is 0 Å². The minimum atomic E-state index is -0.150. The van der Waals surface area contributed by atoms with Crippen LogP contribution in [-0.2, 0) is 11.3 Å². The van der Waals surface area contributed by atoms with E-state index in [0.717, 1.165) is 27.6 Å². The summed E-state index contributed by atoms with van der Waals surface area (Å²) in [5.74, 6) is -0.150. The summed E-state index contributed by atoms with van der Waals surface area (Å²) < 4.78 is 1.86. The maximum absolute atomic E-state index is 12.3. The number of hydrogen-bond donors (Lipinski definition) is 1. The number of nitrogens with zero attached hydrogens (tertiary/aromatic N) is 2. The van der Waals surface area contributed by atoms with Crippen molar-refractivity contribution in [3.8, 4) is 0 Å². The highest BCUT2D eigenvalue weighted by atomic mass is 16.1. The third-order valence-corrected chi connectivity index (χ3v) is 4.36. The summed E-state index contributed by atoms with van der Waals surface area (Å²) in [5, 5.41) is 9.38. The second-order valence-corrected chi connectivity index (χ2v) is 6.29. The Hall–Kier alpha value is -3.66. The smallest absolute Gasteiger partial charge is 0.248 e. The molecule has 0 aliphatic rings. The van der Waals surface area contributed by atoms with Gasteiger partial charge < -0.3 is 5.32 Å². The maximum atomic E-state index is 12.3. The van der Waals surface area contributed by atoms with Crippen molar-refractivity contribution in [3.05, 3.63) is 102 Å². The lowest BCUT2D eigenvalue weighted by Crippen LogP contribution is -2.08. The van der Waals surface area contributed by atoms with Gasteiger partial charge in [-0.05, 0) is 46.2 Å². The predicted octanol–water partition coefficient (Wildman–Crippen LogP) is 4.74.